The van der Waals surface area contributed by atoms with E-state index in [1.165, 1.54) is 21.2 Å². The summed E-state index contributed by atoms with van der Waals surface area (Å²) in [5, 5.41) is 29.3. The van der Waals surface area contributed by atoms with Gasteiger partial charge in [0.25, 0.3) is 0 Å². The molecule has 0 bridgehead atoms. The summed E-state index contributed by atoms with van der Waals surface area (Å²) in [6, 6.07) is 41.8. The number of benzene rings is 4. The average molecular weight is 499 g/mol. The minimum Gasteiger partial charge on any atom is -0.386 e. The molecular formula is C31H32O2P2. The summed E-state index contributed by atoms with van der Waals surface area (Å²) in [7, 11) is -1.66. The predicted molar refractivity (Wildman–Crippen MR) is 152 cm³/mol. The van der Waals surface area contributed by atoms with Crippen LogP contribution >= 0.6 is 15.8 Å². The van der Waals surface area contributed by atoms with Gasteiger partial charge >= 0.3 is 0 Å². The molecule has 2 N–H and O–H groups in total. The van der Waals surface area contributed by atoms with E-state index < -0.39 is 32.5 Å². The molecule has 2 nitrogen and oxygen atoms in total. The van der Waals surface area contributed by atoms with Crippen molar-refractivity contribution in [2.75, 3.05) is 12.3 Å². The summed E-state index contributed by atoms with van der Waals surface area (Å²) in [6.07, 6.45) is 1.07. The Morgan fingerprint density at radius 1 is 0.457 bits per heavy atom. The van der Waals surface area contributed by atoms with Crippen LogP contribution in [-0.2, 0) is 0 Å². The minimum absolute atomic E-state index is 0.534. The van der Waals surface area contributed by atoms with Crippen molar-refractivity contribution in [3.8, 4) is 0 Å². The van der Waals surface area contributed by atoms with E-state index >= 15 is 0 Å². The third kappa shape index (κ3) is 4.28. The van der Waals surface area contributed by atoms with Crippen LogP contribution < -0.4 is 21.2 Å². The fourth-order valence-electron chi connectivity index (χ4n) is 5.22. The van der Waals surface area contributed by atoms with Gasteiger partial charge in [0.1, 0.15) is 11.2 Å². The smallest absolute Gasteiger partial charge is 0.107 e. The first-order valence-corrected chi connectivity index (χ1v) is 15.1. The third-order valence-electron chi connectivity index (χ3n) is 7.73. The molecule has 35 heavy (non-hydrogen) atoms. The van der Waals surface area contributed by atoms with E-state index in [1.807, 2.05) is 38.1 Å². The summed E-state index contributed by atoms with van der Waals surface area (Å²) in [6.45, 7) is 4.06. The maximum atomic E-state index is 12.2. The van der Waals surface area contributed by atoms with E-state index in [4.69, 9.17) is 0 Å². The van der Waals surface area contributed by atoms with Crippen molar-refractivity contribution < 1.29 is 10.2 Å². The van der Waals surface area contributed by atoms with Gasteiger partial charge in [0.05, 0.1) is 0 Å². The molecular weight excluding hydrogens is 466 g/mol. The molecule has 4 aromatic rings. The second-order valence-corrected chi connectivity index (χ2v) is 14.3. The van der Waals surface area contributed by atoms with Gasteiger partial charge in [-0.2, -0.15) is 0 Å². The lowest BCUT2D eigenvalue weighted by Gasteiger charge is -2.27. The van der Waals surface area contributed by atoms with E-state index in [-0.39, 0.29) is 0 Å². The zero-order valence-corrected chi connectivity index (χ0v) is 22.0. The Kier molecular flexibility index (Phi) is 6.69. The number of hydrogen-bond acceptors (Lipinski definition) is 2. The molecule has 0 amide bonds. The third-order valence-corrected chi connectivity index (χ3v) is 13.0. The highest BCUT2D eigenvalue weighted by Gasteiger charge is 2.82. The highest BCUT2D eigenvalue weighted by molar-refractivity contribution is 7.73. The normalized spacial score (nSPS) is 22.9. The topological polar surface area (TPSA) is 40.5 Å². The summed E-state index contributed by atoms with van der Waals surface area (Å²) < 4.78 is 0. The van der Waals surface area contributed by atoms with Crippen LogP contribution in [0.1, 0.15) is 13.8 Å². The number of aliphatic hydroxyl groups is 2. The molecule has 1 fully saturated rings. The zero-order chi connectivity index (χ0) is 24.5. The van der Waals surface area contributed by atoms with Crippen LogP contribution in [0.25, 0.3) is 0 Å². The Bertz CT molecular complexity index is 1070. The fraction of sp³-hybridized carbons (Fsp3) is 0.226. The van der Waals surface area contributed by atoms with Crippen molar-refractivity contribution in [1.82, 2.24) is 0 Å². The van der Waals surface area contributed by atoms with E-state index in [9.17, 15) is 10.2 Å². The highest BCUT2D eigenvalue weighted by Crippen LogP contribution is 2.70. The first-order valence-electron chi connectivity index (χ1n) is 12.1. The molecule has 2 atom stereocenters. The van der Waals surface area contributed by atoms with Gasteiger partial charge in [-0.1, -0.05) is 135 Å². The van der Waals surface area contributed by atoms with Crippen molar-refractivity contribution >= 4 is 37.1 Å². The number of rotatable bonds is 8. The molecule has 0 saturated heterocycles. The molecule has 0 aromatic heterocycles. The van der Waals surface area contributed by atoms with Crippen molar-refractivity contribution in [3.63, 3.8) is 0 Å². The molecule has 178 valence electrons. The van der Waals surface area contributed by atoms with E-state index in [0.717, 1.165) is 0 Å². The highest BCUT2D eigenvalue weighted by atomic mass is 31.1. The van der Waals surface area contributed by atoms with Gasteiger partial charge in [-0.05, 0) is 37.1 Å². The van der Waals surface area contributed by atoms with Crippen LogP contribution in [0.3, 0.4) is 0 Å². The maximum absolute atomic E-state index is 12.2. The average Bonchev–Trinajstić information content (AvgIpc) is 3.25. The van der Waals surface area contributed by atoms with Crippen molar-refractivity contribution in [3.05, 3.63) is 121 Å². The lowest BCUT2D eigenvalue weighted by atomic mass is 10.1. The maximum Gasteiger partial charge on any atom is 0.107 e. The van der Waals surface area contributed by atoms with Crippen molar-refractivity contribution in [2.24, 2.45) is 5.41 Å². The Hall–Kier alpha value is -2.34. The van der Waals surface area contributed by atoms with Gasteiger partial charge < -0.3 is 10.2 Å². The lowest BCUT2D eigenvalue weighted by molar-refractivity contribution is 0.0490. The SMILES string of the molecule is CC1(C)[C@@](O)(CP(c2ccccc2)c2ccccc2)[C@]1(O)CP(c1ccccc1)c1ccccc1. The molecule has 0 aliphatic heterocycles. The van der Waals surface area contributed by atoms with Gasteiger partial charge in [-0.3, -0.25) is 0 Å². The number of hydrogen-bond donors (Lipinski definition) is 2. The van der Waals surface area contributed by atoms with Gasteiger partial charge in [0, 0.05) is 17.7 Å². The molecule has 0 spiro atoms. The molecule has 0 heterocycles. The lowest BCUT2D eigenvalue weighted by Crippen LogP contribution is -2.35. The minimum atomic E-state index is -1.18. The molecule has 1 saturated carbocycles. The van der Waals surface area contributed by atoms with Gasteiger partial charge in [0.2, 0.25) is 0 Å². The Balaban J connectivity index is 1.51. The molecule has 1 aliphatic carbocycles. The van der Waals surface area contributed by atoms with Crippen LogP contribution in [0.4, 0.5) is 0 Å². The molecule has 1 aliphatic rings. The monoisotopic (exact) mass is 498 g/mol. The molecule has 4 aromatic carbocycles. The summed E-state index contributed by atoms with van der Waals surface area (Å²) in [5.41, 5.74) is -2.97. The van der Waals surface area contributed by atoms with Gasteiger partial charge in [0.15, 0.2) is 0 Å². The van der Waals surface area contributed by atoms with Crippen LogP contribution in [0.15, 0.2) is 121 Å². The summed E-state index contributed by atoms with van der Waals surface area (Å²) in [4.78, 5) is 0. The predicted octanol–water partition coefficient (Wildman–Crippen LogP) is 4.75. The second kappa shape index (κ2) is 9.61. The molecule has 4 heteroatoms. The summed E-state index contributed by atoms with van der Waals surface area (Å²) >= 11 is 0. The van der Waals surface area contributed by atoms with E-state index in [0.29, 0.717) is 12.3 Å². The molecule has 5 rings (SSSR count). The van der Waals surface area contributed by atoms with Gasteiger partial charge in [-0.15, -0.1) is 0 Å². The van der Waals surface area contributed by atoms with Crippen LogP contribution in [-0.4, -0.2) is 33.7 Å². The zero-order valence-electron chi connectivity index (χ0n) is 20.3. The van der Waals surface area contributed by atoms with Crippen molar-refractivity contribution in [1.29, 1.82) is 0 Å². The quantitative estimate of drug-likeness (QED) is 0.344. The Morgan fingerprint density at radius 3 is 0.914 bits per heavy atom. The van der Waals surface area contributed by atoms with Crippen molar-refractivity contribution in [2.45, 2.75) is 25.0 Å². The standard InChI is InChI=1S/C31H32O2P2/c1-29(2)30(32,23-34(25-15-7-3-8-16-25)26-17-9-4-10-18-26)31(29,33)24-35(27-19-11-5-12-20-27)28-21-13-6-14-22-28/h3-22,32-33H,23-24H2,1-2H3/t30-,31-/m0/s1. The van der Waals surface area contributed by atoms with Crippen LogP contribution in [0.2, 0.25) is 0 Å². The Labute approximate surface area is 211 Å². The molecule has 0 unspecified atom stereocenters. The van der Waals surface area contributed by atoms with Gasteiger partial charge in [-0.25, -0.2) is 0 Å². The van der Waals surface area contributed by atoms with E-state index in [2.05, 4.69) is 97.1 Å². The van der Waals surface area contributed by atoms with Crippen LogP contribution in [0.5, 0.6) is 0 Å². The summed E-state index contributed by atoms with van der Waals surface area (Å²) in [5.74, 6) is 0. The first kappa shape index (κ1) is 24.4. The first-order chi connectivity index (χ1) is 16.9. The largest absolute Gasteiger partial charge is 0.386 e. The second-order valence-electron chi connectivity index (χ2n) is 9.86. The van der Waals surface area contributed by atoms with E-state index in [1.54, 1.807) is 0 Å². The Morgan fingerprint density at radius 2 is 0.686 bits per heavy atom. The molecule has 0 radical (unpaired) electrons. The fourth-order valence-corrected chi connectivity index (χ4v) is 10.9. The van der Waals surface area contributed by atoms with Crippen LogP contribution in [0, 0.1) is 5.41 Å².